The number of amides is 1. The maximum Gasteiger partial charge on any atom is 0.338 e. The predicted octanol–water partition coefficient (Wildman–Crippen LogP) is 3.50. The van der Waals surface area contributed by atoms with Crippen LogP contribution in [0.15, 0.2) is 12.1 Å². The lowest BCUT2D eigenvalue weighted by molar-refractivity contribution is -0.125. The molecule has 1 heterocycles. The van der Waals surface area contributed by atoms with Gasteiger partial charge in [0.2, 0.25) is 0 Å². The molecule has 1 N–H and O–H groups in total. The van der Waals surface area contributed by atoms with Crippen LogP contribution in [0.5, 0.6) is 11.5 Å². The van der Waals surface area contributed by atoms with Crippen molar-refractivity contribution in [2.75, 3.05) is 19.8 Å². The first-order valence-corrected chi connectivity index (χ1v) is 9.57. The van der Waals surface area contributed by atoms with Crippen LogP contribution in [0.4, 0.5) is 0 Å². The molecule has 0 unspecified atom stereocenters. The van der Waals surface area contributed by atoms with Crippen LogP contribution >= 0.6 is 11.6 Å². The monoisotopic (exact) mass is 381 g/mol. The van der Waals surface area contributed by atoms with Gasteiger partial charge in [-0.1, -0.05) is 37.3 Å². The number of hydrogen-bond acceptors (Lipinski definition) is 5. The lowest BCUT2D eigenvalue weighted by atomic mass is 10.1. The highest BCUT2D eigenvalue weighted by Gasteiger charge is 2.20. The second kappa shape index (κ2) is 9.12. The molecule has 1 aromatic rings. The number of halogens is 1. The summed E-state index contributed by atoms with van der Waals surface area (Å²) in [5, 5.41) is 3.24. The Bertz CT molecular complexity index is 656. The molecule has 142 valence electrons. The van der Waals surface area contributed by atoms with Gasteiger partial charge in [0.1, 0.15) is 0 Å². The lowest BCUT2D eigenvalue weighted by Gasteiger charge is -2.16. The number of rotatable bonds is 4. The van der Waals surface area contributed by atoms with Crippen molar-refractivity contribution in [3.63, 3.8) is 0 Å². The van der Waals surface area contributed by atoms with Gasteiger partial charge in [-0.3, -0.25) is 4.79 Å². The second-order valence-electron chi connectivity index (χ2n) is 6.67. The molecule has 0 radical (unpaired) electrons. The first kappa shape index (κ1) is 18.8. The highest BCUT2D eigenvalue weighted by atomic mass is 35.5. The van der Waals surface area contributed by atoms with E-state index >= 15 is 0 Å². The standard InChI is InChI=1S/C19H24ClNO5/c20-15-10-13(11-16-18(15)25-9-5-8-24-16)19(23)26-12-17(22)21-14-6-3-1-2-4-7-14/h10-11,14H,1-9,12H2,(H,21,22). The van der Waals surface area contributed by atoms with Crippen LogP contribution < -0.4 is 14.8 Å². The first-order chi connectivity index (χ1) is 12.6. The molecular formula is C19H24ClNO5. The van der Waals surface area contributed by atoms with Gasteiger partial charge in [0.25, 0.3) is 5.91 Å². The summed E-state index contributed by atoms with van der Waals surface area (Å²) in [6.07, 6.45) is 7.39. The fourth-order valence-electron chi connectivity index (χ4n) is 3.26. The predicted molar refractivity (Wildman–Crippen MR) is 97.0 cm³/mol. The Labute approximate surface area is 158 Å². The van der Waals surface area contributed by atoms with Crippen molar-refractivity contribution in [1.82, 2.24) is 5.32 Å². The zero-order chi connectivity index (χ0) is 18.4. The molecule has 7 heteroatoms. The Hall–Kier alpha value is -1.95. The van der Waals surface area contributed by atoms with E-state index in [4.69, 9.17) is 25.8 Å². The number of ether oxygens (including phenoxy) is 3. The Balaban J connectivity index is 1.55. The molecule has 3 rings (SSSR count). The molecule has 6 nitrogen and oxygen atoms in total. The van der Waals surface area contributed by atoms with Gasteiger partial charge in [0.05, 0.1) is 23.8 Å². The summed E-state index contributed by atoms with van der Waals surface area (Å²) >= 11 is 6.18. The third-order valence-corrected chi connectivity index (χ3v) is 4.87. The van der Waals surface area contributed by atoms with Crippen molar-refractivity contribution in [3.8, 4) is 11.5 Å². The molecule has 26 heavy (non-hydrogen) atoms. The van der Waals surface area contributed by atoms with E-state index in [1.807, 2.05) is 0 Å². The van der Waals surface area contributed by atoms with E-state index in [2.05, 4.69) is 5.32 Å². The summed E-state index contributed by atoms with van der Waals surface area (Å²) in [4.78, 5) is 24.3. The highest BCUT2D eigenvalue weighted by Crippen LogP contribution is 2.38. The largest absolute Gasteiger partial charge is 0.489 e. The average molecular weight is 382 g/mol. The summed E-state index contributed by atoms with van der Waals surface area (Å²) in [5.74, 6) is -0.0269. The lowest BCUT2D eigenvalue weighted by Crippen LogP contribution is -2.37. The van der Waals surface area contributed by atoms with Crippen molar-refractivity contribution in [1.29, 1.82) is 0 Å². The first-order valence-electron chi connectivity index (χ1n) is 9.19. The molecule has 0 spiro atoms. The molecule has 2 aliphatic rings. The van der Waals surface area contributed by atoms with Crippen LogP contribution in [0, 0.1) is 0 Å². The molecule has 0 bridgehead atoms. The third-order valence-electron chi connectivity index (χ3n) is 4.59. The molecule has 1 aliphatic heterocycles. The molecule has 1 amide bonds. The normalized spacial score (nSPS) is 17.7. The van der Waals surface area contributed by atoms with E-state index in [9.17, 15) is 9.59 Å². The quantitative estimate of drug-likeness (QED) is 0.638. The van der Waals surface area contributed by atoms with Crippen molar-refractivity contribution in [3.05, 3.63) is 22.7 Å². The summed E-state index contributed by atoms with van der Waals surface area (Å²) in [7, 11) is 0. The number of carbonyl (C=O) groups is 2. The van der Waals surface area contributed by atoms with E-state index in [-0.39, 0.29) is 24.1 Å². The van der Waals surface area contributed by atoms with E-state index in [1.54, 1.807) is 0 Å². The van der Waals surface area contributed by atoms with Gasteiger partial charge in [-0.2, -0.15) is 0 Å². The van der Waals surface area contributed by atoms with Crippen molar-refractivity contribution in [2.24, 2.45) is 0 Å². The zero-order valence-corrected chi connectivity index (χ0v) is 15.5. The van der Waals surface area contributed by atoms with Crippen LogP contribution in [-0.4, -0.2) is 37.7 Å². The minimum atomic E-state index is -0.612. The molecule has 1 saturated carbocycles. The maximum atomic E-state index is 12.3. The van der Waals surface area contributed by atoms with E-state index in [0.29, 0.717) is 29.7 Å². The van der Waals surface area contributed by atoms with Crippen LogP contribution in [0.25, 0.3) is 0 Å². The molecule has 0 aromatic heterocycles. The van der Waals surface area contributed by atoms with Gasteiger partial charge in [0.15, 0.2) is 18.1 Å². The van der Waals surface area contributed by atoms with Gasteiger partial charge in [-0.15, -0.1) is 0 Å². The van der Waals surface area contributed by atoms with Crippen molar-refractivity contribution >= 4 is 23.5 Å². The Morgan fingerprint density at radius 1 is 1.08 bits per heavy atom. The second-order valence-corrected chi connectivity index (χ2v) is 7.08. The molecule has 1 aliphatic carbocycles. The number of benzene rings is 1. The minimum Gasteiger partial charge on any atom is -0.489 e. The fraction of sp³-hybridized carbons (Fsp3) is 0.579. The van der Waals surface area contributed by atoms with E-state index in [1.165, 1.54) is 25.0 Å². The SMILES string of the molecule is O=C(COC(=O)c1cc(Cl)c2c(c1)OCCCO2)NC1CCCCCC1. The fourth-order valence-corrected chi connectivity index (χ4v) is 3.52. The number of esters is 1. The van der Waals surface area contributed by atoms with E-state index in [0.717, 1.165) is 32.1 Å². The average Bonchev–Trinajstić information content (AvgIpc) is 3.02. The van der Waals surface area contributed by atoms with Crippen LogP contribution in [0.3, 0.4) is 0 Å². The molecule has 1 aromatic carbocycles. The highest BCUT2D eigenvalue weighted by molar-refractivity contribution is 6.32. The van der Waals surface area contributed by atoms with Crippen molar-refractivity contribution in [2.45, 2.75) is 51.0 Å². The van der Waals surface area contributed by atoms with Gasteiger partial charge >= 0.3 is 5.97 Å². The topological polar surface area (TPSA) is 73.9 Å². The number of fused-ring (bicyclic) bond motifs is 1. The Morgan fingerprint density at radius 2 is 1.81 bits per heavy atom. The van der Waals surface area contributed by atoms with Crippen molar-refractivity contribution < 1.29 is 23.8 Å². The minimum absolute atomic E-state index is 0.177. The van der Waals surface area contributed by atoms with E-state index < -0.39 is 5.97 Å². The number of carbonyl (C=O) groups excluding carboxylic acids is 2. The Morgan fingerprint density at radius 3 is 2.58 bits per heavy atom. The van der Waals surface area contributed by atoms with Gasteiger partial charge in [0, 0.05) is 12.5 Å². The molecule has 0 saturated heterocycles. The molecule has 0 atom stereocenters. The summed E-state index contributed by atoms with van der Waals surface area (Å²) in [5.41, 5.74) is 0.238. The number of nitrogens with one attached hydrogen (secondary N) is 1. The summed E-state index contributed by atoms with van der Waals surface area (Å²) in [6, 6.07) is 3.19. The molecular weight excluding hydrogens is 358 g/mol. The van der Waals surface area contributed by atoms with Gasteiger partial charge < -0.3 is 19.5 Å². The van der Waals surface area contributed by atoms with Crippen LogP contribution in [0.1, 0.15) is 55.3 Å². The zero-order valence-electron chi connectivity index (χ0n) is 14.7. The van der Waals surface area contributed by atoms with Gasteiger partial charge in [-0.25, -0.2) is 4.79 Å². The Kier molecular flexibility index (Phi) is 6.61. The maximum absolute atomic E-state index is 12.3. The smallest absolute Gasteiger partial charge is 0.338 e. The summed E-state index contributed by atoms with van der Waals surface area (Å²) in [6.45, 7) is 0.699. The number of hydrogen-bond donors (Lipinski definition) is 1. The molecule has 1 fully saturated rings. The summed E-state index contributed by atoms with van der Waals surface area (Å²) < 4.78 is 16.2. The van der Waals surface area contributed by atoms with Gasteiger partial charge in [-0.05, 0) is 25.0 Å². The van der Waals surface area contributed by atoms with Crippen LogP contribution in [0.2, 0.25) is 5.02 Å². The van der Waals surface area contributed by atoms with Crippen LogP contribution in [-0.2, 0) is 9.53 Å². The third kappa shape index (κ3) is 5.04.